The Balaban J connectivity index is 1.45. The normalized spacial score (nSPS) is 15.0. The molecule has 120 valence electrons. The summed E-state index contributed by atoms with van der Waals surface area (Å²) in [5.74, 6) is 1.47. The van der Waals surface area contributed by atoms with Crippen LogP contribution < -0.4 is 5.32 Å². The summed E-state index contributed by atoms with van der Waals surface area (Å²) in [4.78, 5) is 8.52. The maximum Gasteiger partial charge on any atom is 0.180 e. The summed E-state index contributed by atoms with van der Waals surface area (Å²) in [7, 11) is 0. The SMILES string of the molecule is c1cnc2c(Nc3ccc4c(cnn4CC4CCC4)c3)n[nH]c2n1. The summed E-state index contributed by atoms with van der Waals surface area (Å²) in [5, 5.41) is 16.1. The lowest BCUT2D eigenvalue weighted by Gasteiger charge is -2.25. The number of nitrogens with zero attached hydrogens (tertiary/aromatic N) is 5. The molecule has 0 unspecified atom stereocenters. The van der Waals surface area contributed by atoms with Gasteiger partial charge in [-0.3, -0.25) is 9.78 Å². The molecule has 0 saturated heterocycles. The Bertz CT molecular complexity index is 1010. The Kier molecular flexibility index (Phi) is 2.97. The van der Waals surface area contributed by atoms with Crippen LogP contribution in [0.1, 0.15) is 19.3 Å². The number of aromatic nitrogens is 6. The van der Waals surface area contributed by atoms with Crippen LogP contribution in [-0.4, -0.2) is 29.9 Å². The van der Waals surface area contributed by atoms with Gasteiger partial charge in [0.15, 0.2) is 17.0 Å². The minimum Gasteiger partial charge on any atom is -0.337 e. The van der Waals surface area contributed by atoms with E-state index in [-0.39, 0.29) is 0 Å². The lowest BCUT2D eigenvalue weighted by Crippen LogP contribution is -2.18. The molecule has 1 aliphatic carbocycles. The first-order valence-corrected chi connectivity index (χ1v) is 8.24. The molecule has 7 heteroatoms. The van der Waals surface area contributed by atoms with Gasteiger partial charge in [-0.2, -0.15) is 10.2 Å². The largest absolute Gasteiger partial charge is 0.337 e. The van der Waals surface area contributed by atoms with E-state index in [2.05, 4.69) is 53.5 Å². The number of aromatic amines is 1. The molecule has 2 N–H and O–H groups in total. The van der Waals surface area contributed by atoms with E-state index in [1.807, 2.05) is 6.20 Å². The molecule has 1 aliphatic rings. The summed E-state index contributed by atoms with van der Waals surface area (Å²) in [5.41, 5.74) is 3.55. The van der Waals surface area contributed by atoms with Crippen LogP contribution in [0, 0.1) is 5.92 Å². The van der Waals surface area contributed by atoms with Gasteiger partial charge in [0.1, 0.15) is 0 Å². The molecular weight excluding hydrogens is 302 g/mol. The van der Waals surface area contributed by atoms with Crippen molar-refractivity contribution in [3.05, 3.63) is 36.8 Å². The lowest BCUT2D eigenvalue weighted by atomic mass is 9.85. The molecule has 0 atom stereocenters. The van der Waals surface area contributed by atoms with Crippen molar-refractivity contribution < 1.29 is 0 Å². The van der Waals surface area contributed by atoms with E-state index in [1.54, 1.807) is 12.4 Å². The fraction of sp³-hybridized carbons (Fsp3) is 0.294. The van der Waals surface area contributed by atoms with Crippen LogP contribution in [0.25, 0.3) is 22.1 Å². The van der Waals surface area contributed by atoms with Gasteiger partial charge >= 0.3 is 0 Å². The zero-order valence-corrected chi connectivity index (χ0v) is 13.1. The third kappa shape index (κ3) is 2.20. The topological polar surface area (TPSA) is 84.3 Å². The Morgan fingerprint density at radius 2 is 2.12 bits per heavy atom. The molecule has 1 aromatic carbocycles. The second-order valence-corrected chi connectivity index (χ2v) is 6.35. The third-order valence-electron chi connectivity index (χ3n) is 4.76. The average Bonchev–Trinajstić information content (AvgIpc) is 3.15. The van der Waals surface area contributed by atoms with Crippen molar-refractivity contribution in [3.63, 3.8) is 0 Å². The Morgan fingerprint density at radius 3 is 3.00 bits per heavy atom. The molecule has 1 saturated carbocycles. The first-order valence-electron chi connectivity index (χ1n) is 8.24. The summed E-state index contributed by atoms with van der Waals surface area (Å²) in [6, 6.07) is 6.26. The Hall–Kier alpha value is -2.96. The van der Waals surface area contributed by atoms with E-state index >= 15 is 0 Å². The summed E-state index contributed by atoms with van der Waals surface area (Å²) < 4.78 is 2.12. The predicted molar refractivity (Wildman–Crippen MR) is 92.0 cm³/mol. The average molecular weight is 319 g/mol. The highest BCUT2D eigenvalue weighted by molar-refractivity contribution is 5.88. The van der Waals surface area contributed by atoms with E-state index in [4.69, 9.17) is 0 Å². The second kappa shape index (κ2) is 5.30. The molecule has 7 nitrogen and oxygen atoms in total. The van der Waals surface area contributed by atoms with E-state index in [1.165, 1.54) is 24.8 Å². The number of hydrogen-bond donors (Lipinski definition) is 2. The molecule has 5 rings (SSSR count). The predicted octanol–water partition coefficient (Wildman–Crippen LogP) is 3.25. The molecule has 0 spiro atoms. The number of hydrogen-bond acceptors (Lipinski definition) is 5. The van der Waals surface area contributed by atoms with Gasteiger partial charge < -0.3 is 5.32 Å². The van der Waals surface area contributed by atoms with E-state index < -0.39 is 0 Å². The van der Waals surface area contributed by atoms with Crippen molar-refractivity contribution >= 4 is 33.6 Å². The van der Waals surface area contributed by atoms with Gasteiger partial charge in [-0.15, -0.1) is 0 Å². The van der Waals surface area contributed by atoms with Gasteiger partial charge in [-0.05, 0) is 37.0 Å². The Labute approximate surface area is 138 Å². The van der Waals surface area contributed by atoms with Gasteiger partial charge in [0.2, 0.25) is 0 Å². The Morgan fingerprint density at radius 1 is 1.21 bits per heavy atom. The highest BCUT2D eigenvalue weighted by Gasteiger charge is 2.19. The number of fused-ring (bicyclic) bond motifs is 2. The summed E-state index contributed by atoms with van der Waals surface area (Å²) >= 11 is 0. The number of benzene rings is 1. The number of rotatable bonds is 4. The molecule has 3 aromatic heterocycles. The smallest absolute Gasteiger partial charge is 0.180 e. The van der Waals surface area contributed by atoms with Gasteiger partial charge in [0, 0.05) is 30.0 Å². The third-order valence-corrected chi connectivity index (χ3v) is 4.76. The van der Waals surface area contributed by atoms with Crippen LogP contribution in [0.3, 0.4) is 0 Å². The van der Waals surface area contributed by atoms with Crippen molar-refractivity contribution in [1.82, 2.24) is 29.9 Å². The maximum atomic E-state index is 4.55. The fourth-order valence-electron chi connectivity index (χ4n) is 3.21. The van der Waals surface area contributed by atoms with Crippen LogP contribution >= 0.6 is 0 Å². The van der Waals surface area contributed by atoms with Crippen LogP contribution in [0.5, 0.6) is 0 Å². The van der Waals surface area contributed by atoms with Crippen LogP contribution in [0.4, 0.5) is 11.5 Å². The molecule has 24 heavy (non-hydrogen) atoms. The molecular formula is C17H17N7. The molecule has 4 aromatic rings. The van der Waals surface area contributed by atoms with Gasteiger partial charge in [-0.25, -0.2) is 9.97 Å². The molecule has 0 bridgehead atoms. The highest BCUT2D eigenvalue weighted by Crippen LogP contribution is 2.30. The van der Waals surface area contributed by atoms with Crippen LogP contribution in [-0.2, 0) is 6.54 Å². The number of nitrogens with one attached hydrogen (secondary N) is 2. The minimum atomic E-state index is 0.675. The summed E-state index contributed by atoms with van der Waals surface area (Å²) in [6.07, 6.45) is 9.26. The van der Waals surface area contributed by atoms with Gasteiger partial charge in [0.25, 0.3) is 0 Å². The fourth-order valence-corrected chi connectivity index (χ4v) is 3.21. The molecule has 0 radical (unpaired) electrons. The van der Waals surface area contributed by atoms with E-state index in [9.17, 15) is 0 Å². The zero-order valence-electron chi connectivity index (χ0n) is 13.1. The van der Waals surface area contributed by atoms with Crippen molar-refractivity contribution in [2.75, 3.05) is 5.32 Å². The molecule has 0 amide bonds. The van der Waals surface area contributed by atoms with Crippen molar-refractivity contribution in [2.24, 2.45) is 5.92 Å². The maximum absolute atomic E-state index is 4.55. The van der Waals surface area contributed by atoms with Gasteiger partial charge in [-0.1, -0.05) is 6.42 Å². The van der Waals surface area contributed by atoms with Crippen molar-refractivity contribution in [1.29, 1.82) is 0 Å². The lowest BCUT2D eigenvalue weighted by molar-refractivity contribution is 0.270. The van der Waals surface area contributed by atoms with E-state index in [0.717, 1.165) is 29.1 Å². The van der Waals surface area contributed by atoms with Crippen LogP contribution in [0.15, 0.2) is 36.8 Å². The van der Waals surface area contributed by atoms with Crippen molar-refractivity contribution in [2.45, 2.75) is 25.8 Å². The molecule has 1 fully saturated rings. The number of anilines is 2. The number of H-pyrrole nitrogens is 1. The van der Waals surface area contributed by atoms with Crippen LogP contribution in [0.2, 0.25) is 0 Å². The molecule has 3 heterocycles. The first-order chi connectivity index (χ1) is 11.9. The van der Waals surface area contributed by atoms with Gasteiger partial charge in [0.05, 0.1) is 11.7 Å². The van der Waals surface area contributed by atoms with E-state index in [0.29, 0.717) is 11.5 Å². The summed E-state index contributed by atoms with van der Waals surface area (Å²) in [6.45, 7) is 1.02. The minimum absolute atomic E-state index is 0.675. The first kappa shape index (κ1) is 13.5. The standard InChI is InChI=1S/C17H17N7/c1-2-11(3-1)10-24-14-5-4-13(8-12(14)9-20-24)21-17-15-16(22-23-17)19-7-6-18-15/h4-9,11H,1-3,10H2,(H2,19,21,22,23). The van der Waals surface area contributed by atoms with Crippen molar-refractivity contribution in [3.8, 4) is 0 Å². The molecule has 0 aliphatic heterocycles. The quantitative estimate of drug-likeness (QED) is 0.603. The monoisotopic (exact) mass is 319 g/mol. The zero-order chi connectivity index (χ0) is 15.9. The second-order valence-electron chi connectivity index (χ2n) is 6.35. The highest BCUT2D eigenvalue weighted by atomic mass is 15.3.